The van der Waals surface area contributed by atoms with Crippen LogP contribution in [0.25, 0.3) is 0 Å². The summed E-state index contributed by atoms with van der Waals surface area (Å²) in [6.07, 6.45) is 0. The van der Waals surface area contributed by atoms with Crippen molar-refractivity contribution in [2.75, 3.05) is 43.0 Å². The number of hydrogen-bond donors (Lipinski definition) is 2. The lowest BCUT2D eigenvalue weighted by Gasteiger charge is -2.36. The lowest BCUT2D eigenvalue weighted by atomic mass is 10.2. The zero-order chi connectivity index (χ0) is 22.4. The number of halogens is 1. The van der Waals surface area contributed by atoms with Gasteiger partial charge >= 0.3 is 0 Å². The highest BCUT2D eigenvalue weighted by Crippen LogP contribution is 2.29. The van der Waals surface area contributed by atoms with E-state index in [9.17, 15) is 9.59 Å². The largest absolute Gasteiger partial charge is 0.483 e. The molecule has 1 aliphatic rings. The third-order valence-corrected chi connectivity index (χ3v) is 5.48. The average Bonchev–Trinajstić information content (AvgIpc) is 2.73. The fourth-order valence-electron chi connectivity index (χ4n) is 3.29. The highest BCUT2D eigenvalue weighted by Gasteiger charge is 2.20. The topological polar surface area (TPSA) is 73.9 Å². The number of hydrogen-bond acceptors (Lipinski definition) is 5. The summed E-state index contributed by atoms with van der Waals surface area (Å²) in [7, 11) is 0. The Balaban J connectivity index is 1.50. The second-order valence-electron chi connectivity index (χ2n) is 7.22. The molecule has 1 saturated heterocycles. The van der Waals surface area contributed by atoms with E-state index in [0.717, 1.165) is 24.3 Å². The summed E-state index contributed by atoms with van der Waals surface area (Å²) in [5.41, 5.74) is 2.52. The van der Waals surface area contributed by atoms with Crippen LogP contribution in [0.1, 0.15) is 12.5 Å². The second kappa shape index (κ2) is 10.5. The van der Waals surface area contributed by atoms with Crippen molar-refractivity contribution < 1.29 is 14.3 Å². The van der Waals surface area contributed by atoms with Crippen LogP contribution >= 0.6 is 23.8 Å². The summed E-state index contributed by atoms with van der Waals surface area (Å²) in [5, 5.41) is 6.29. The molecule has 2 aromatic carbocycles. The van der Waals surface area contributed by atoms with Crippen LogP contribution in [0, 0.1) is 6.92 Å². The molecule has 1 heterocycles. The highest BCUT2D eigenvalue weighted by molar-refractivity contribution is 7.80. The van der Waals surface area contributed by atoms with E-state index in [4.69, 9.17) is 28.6 Å². The van der Waals surface area contributed by atoms with Gasteiger partial charge in [0.25, 0.3) is 5.91 Å². The molecule has 0 saturated carbocycles. The van der Waals surface area contributed by atoms with E-state index < -0.39 is 0 Å². The first-order valence-corrected chi connectivity index (χ1v) is 10.7. The molecule has 1 aliphatic heterocycles. The molecule has 0 spiro atoms. The Morgan fingerprint density at radius 3 is 2.48 bits per heavy atom. The first-order valence-electron chi connectivity index (χ1n) is 9.93. The predicted octanol–water partition coefficient (Wildman–Crippen LogP) is 3.21. The van der Waals surface area contributed by atoms with Crippen molar-refractivity contribution in [2.24, 2.45) is 0 Å². The molecule has 0 aliphatic carbocycles. The Morgan fingerprint density at radius 1 is 1.13 bits per heavy atom. The molecule has 0 radical (unpaired) electrons. The van der Waals surface area contributed by atoms with Gasteiger partial charge in [-0.2, -0.15) is 0 Å². The lowest BCUT2D eigenvalue weighted by Crippen LogP contribution is -2.48. The fraction of sp³-hybridized carbons (Fsp3) is 0.318. The van der Waals surface area contributed by atoms with Gasteiger partial charge in [-0.1, -0.05) is 29.8 Å². The van der Waals surface area contributed by atoms with Gasteiger partial charge in [0.2, 0.25) is 5.91 Å². The summed E-state index contributed by atoms with van der Waals surface area (Å²) < 4.78 is 5.52. The van der Waals surface area contributed by atoms with E-state index in [0.29, 0.717) is 29.5 Å². The SMILES string of the molecule is CC(=O)N1CCN(c2ccc(NC(=S)NC(=O)COc3ccccc3C)cc2Cl)CC1. The molecule has 2 amide bonds. The number of rotatable bonds is 5. The standard InChI is InChI=1S/C22H25ClN4O3S/c1-15-5-3-4-6-20(15)30-14-21(29)25-22(31)24-17-7-8-19(18(23)13-17)27-11-9-26(10-12-27)16(2)28/h3-8,13H,9-12,14H2,1-2H3,(H2,24,25,29,31). The van der Waals surface area contributed by atoms with Crippen molar-refractivity contribution in [1.82, 2.24) is 10.2 Å². The smallest absolute Gasteiger partial charge is 0.264 e. The minimum absolute atomic E-state index is 0.0881. The summed E-state index contributed by atoms with van der Waals surface area (Å²) in [6, 6.07) is 13.0. The number of ether oxygens (including phenoxy) is 1. The molecule has 7 nitrogen and oxygen atoms in total. The third-order valence-electron chi connectivity index (χ3n) is 4.98. The second-order valence-corrected chi connectivity index (χ2v) is 8.03. The van der Waals surface area contributed by atoms with Crippen LogP contribution in [-0.4, -0.2) is 54.6 Å². The summed E-state index contributed by atoms with van der Waals surface area (Å²) in [5.74, 6) is 0.389. The molecule has 1 fully saturated rings. The number of benzene rings is 2. The third kappa shape index (κ3) is 6.32. The number of carbonyl (C=O) groups excluding carboxylic acids is 2. The average molecular weight is 461 g/mol. The van der Waals surface area contributed by atoms with Crippen LogP contribution in [-0.2, 0) is 9.59 Å². The lowest BCUT2D eigenvalue weighted by molar-refractivity contribution is -0.129. The van der Waals surface area contributed by atoms with Crippen molar-refractivity contribution in [1.29, 1.82) is 0 Å². The molecular formula is C22H25ClN4O3S. The van der Waals surface area contributed by atoms with E-state index in [1.165, 1.54) is 0 Å². The Kier molecular flexibility index (Phi) is 7.70. The van der Waals surface area contributed by atoms with Crippen LogP contribution in [0.4, 0.5) is 11.4 Å². The first-order chi connectivity index (χ1) is 14.8. The van der Waals surface area contributed by atoms with Gasteiger partial charge in [0.15, 0.2) is 11.7 Å². The molecule has 0 atom stereocenters. The quantitative estimate of drug-likeness (QED) is 0.667. The van der Waals surface area contributed by atoms with Crippen LogP contribution in [0.3, 0.4) is 0 Å². The van der Waals surface area contributed by atoms with Crippen molar-refractivity contribution in [2.45, 2.75) is 13.8 Å². The van der Waals surface area contributed by atoms with Gasteiger partial charge in [-0.15, -0.1) is 0 Å². The maximum Gasteiger partial charge on any atom is 0.264 e. The maximum absolute atomic E-state index is 12.1. The van der Waals surface area contributed by atoms with Crippen molar-refractivity contribution in [3.05, 3.63) is 53.1 Å². The Morgan fingerprint density at radius 2 is 1.84 bits per heavy atom. The van der Waals surface area contributed by atoms with E-state index >= 15 is 0 Å². The normalized spacial score (nSPS) is 13.5. The number of para-hydroxylation sites is 1. The number of piperazine rings is 1. The molecule has 31 heavy (non-hydrogen) atoms. The van der Waals surface area contributed by atoms with E-state index in [-0.39, 0.29) is 23.5 Å². The van der Waals surface area contributed by atoms with E-state index in [1.807, 2.05) is 48.2 Å². The van der Waals surface area contributed by atoms with Gasteiger partial charge in [0.05, 0.1) is 10.7 Å². The molecular weight excluding hydrogens is 436 g/mol. The predicted molar refractivity (Wildman–Crippen MR) is 127 cm³/mol. The number of anilines is 2. The molecule has 2 aromatic rings. The monoisotopic (exact) mass is 460 g/mol. The van der Waals surface area contributed by atoms with Crippen LogP contribution < -0.4 is 20.3 Å². The molecule has 164 valence electrons. The molecule has 2 N–H and O–H groups in total. The number of aryl methyl sites for hydroxylation is 1. The molecule has 0 aromatic heterocycles. The summed E-state index contributed by atoms with van der Waals surface area (Å²) in [6.45, 7) is 6.15. The van der Waals surface area contributed by atoms with Crippen LogP contribution in [0.15, 0.2) is 42.5 Å². The Bertz CT molecular complexity index is 977. The van der Waals surface area contributed by atoms with E-state index in [2.05, 4.69) is 15.5 Å². The highest BCUT2D eigenvalue weighted by atomic mass is 35.5. The minimum Gasteiger partial charge on any atom is -0.483 e. The van der Waals surface area contributed by atoms with Gasteiger partial charge in [-0.25, -0.2) is 0 Å². The van der Waals surface area contributed by atoms with Crippen molar-refractivity contribution in [3.63, 3.8) is 0 Å². The van der Waals surface area contributed by atoms with Crippen LogP contribution in [0.5, 0.6) is 5.75 Å². The number of amides is 2. The fourth-order valence-corrected chi connectivity index (χ4v) is 3.82. The number of nitrogens with zero attached hydrogens (tertiary/aromatic N) is 2. The summed E-state index contributed by atoms with van der Waals surface area (Å²) in [4.78, 5) is 27.6. The Labute approximate surface area is 192 Å². The molecule has 3 rings (SSSR count). The molecule has 0 unspecified atom stereocenters. The minimum atomic E-state index is -0.355. The van der Waals surface area contributed by atoms with Gasteiger partial charge in [0, 0.05) is 38.8 Å². The Hall–Kier alpha value is -2.84. The summed E-state index contributed by atoms with van der Waals surface area (Å²) >= 11 is 11.7. The van der Waals surface area contributed by atoms with Gasteiger partial charge in [0.1, 0.15) is 5.75 Å². The van der Waals surface area contributed by atoms with Crippen molar-refractivity contribution in [3.8, 4) is 5.75 Å². The number of carbonyl (C=O) groups is 2. The molecule has 9 heteroatoms. The molecule has 0 bridgehead atoms. The zero-order valence-corrected chi connectivity index (χ0v) is 19.1. The van der Waals surface area contributed by atoms with Gasteiger partial charge in [-0.05, 0) is 49.0 Å². The van der Waals surface area contributed by atoms with Crippen molar-refractivity contribution >= 4 is 52.1 Å². The number of nitrogens with one attached hydrogen (secondary N) is 2. The van der Waals surface area contributed by atoms with Gasteiger partial charge in [-0.3, -0.25) is 14.9 Å². The first kappa shape index (κ1) is 22.8. The van der Waals surface area contributed by atoms with E-state index in [1.54, 1.807) is 13.0 Å². The number of thiocarbonyl (C=S) groups is 1. The van der Waals surface area contributed by atoms with Crippen LogP contribution in [0.2, 0.25) is 5.02 Å². The zero-order valence-electron chi connectivity index (χ0n) is 17.5. The maximum atomic E-state index is 12.1. The van der Waals surface area contributed by atoms with Gasteiger partial charge < -0.3 is 19.9 Å².